The molecule has 0 saturated heterocycles. The summed E-state index contributed by atoms with van der Waals surface area (Å²) >= 11 is 0. The lowest BCUT2D eigenvalue weighted by Gasteiger charge is -1.99. The molecule has 2 rings (SSSR count). The molecule has 6 heteroatoms. The maximum Gasteiger partial charge on any atom is 0.324 e. The van der Waals surface area contributed by atoms with Gasteiger partial charge in [-0.05, 0) is 12.1 Å². The van der Waals surface area contributed by atoms with Crippen molar-refractivity contribution in [1.82, 2.24) is 9.97 Å². The van der Waals surface area contributed by atoms with E-state index in [4.69, 9.17) is 0 Å². The number of aromatic nitrogens is 2. The van der Waals surface area contributed by atoms with Crippen molar-refractivity contribution in [3.63, 3.8) is 0 Å². The zero-order valence-corrected chi connectivity index (χ0v) is 8.00. The van der Waals surface area contributed by atoms with Gasteiger partial charge in [0.2, 0.25) is 0 Å². The van der Waals surface area contributed by atoms with Crippen LogP contribution in [0.4, 0.5) is 10.1 Å². The van der Waals surface area contributed by atoms with Crippen LogP contribution in [0.15, 0.2) is 36.7 Å². The van der Waals surface area contributed by atoms with Crippen LogP contribution in [-0.2, 0) is 0 Å². The first kappa shape index (κ1) is 10.2. The normalized spacial score (nSPS) is 10.1. The molecule has 0 amide bonds. The molecule has 5 nitrogen and oxygen atoms in total. The number of halogens is 1. The molecule has 0 radical (unpaired) electrons. The van der Waals surface area contributed by atoms with Crippen molar-refractivity contribution >= 4 is 5.69 Å². The van der Waals surface area contributed by atoms with E-state index in [2.05, 4.69) is 9.97 Å². The van der Waals surface area contributed by atoms with Gasteiger partial charge in [-0.15, -0.1) is 0 Å². The summed E-state index contributed by atoms with van der Waals surface area (Å²) in [6.07, 6.45) is 2.76. The first-order chi connectivity index (χ1) is 7.68. The van der Waals surface area contributed by atoms with Gasteiger partial charge in [0.05, 0.1) is 10.6 Å². The van der Waals surface area contributed by atoms with E-state index in [0.29, 0.717) is 11.3 Å². The van der Waals surface area contributed by atoms with Crippen LogP contribution in [0, 0.1) is 16.1 Å². The fraction of sp³-hybridized carbons (Fsp3) is 0. The molecular weight excluding hydrogens is 213 g/mol. The van der Waals surface area contributed by atoms with Gasteiger partial charge in [-0.25, -0.2) is 4.98 Å². The molecule has 2 aromatic rings. The molecule has 16 heavy (non-hydrogen) atoms. The Labute approximate surface area is 89.7 Å². The van der Waals surface area contributed by atoms with Crippen molar-refractivity contribution in [1.29, 1.82) is 0 Å². The van der Waals surface area contributed by atoms with Crippen molar-refractivity contribution in [3.05, 3.63) is 52.7 Å². The van der Waals surface area contributed by atoms with Gasteiger partial charge in [0, 0.05) is 24.0 Å². The van der Waals surface area contributed by atoms with Crippen molar-refractivity contribution < 1.29 is 9.31 Å². The molecule has 0 N–H and O–H groups in total. The first-order valence-electron chi connectivity index (χ1n) is 4.40. The Morgan fingerprint density at radius 3 is 2.75 bits per heavy atom. The molecule has 0 unspecified atom stereocenters. The predicted octanol–water partition coefficient (Wildman–Crippen LogP) is 2.19. The van der Waals surface area contributed by atoms with Gasteiger partial charge in [-0.1, -0.05) is 6.07 Å². The van der Waals surface area contributed by atoms with Gasteiger partial charge in [-0.3, -0.25) is 15.1 Å². The van der Waals surface area contributed by atoms with Crippen LogP contribution in [0.1, 0.15) is 0 Å². The summed E-state index contributed by atoms with van der Waals surface area (Å²) in [6, 6.07) is 6.23. The number of pyridine rings is 2. The third kappa shape index (κ3) is 1.85. The molecule has 0 spiro atoms. The molecule has 0 aliphatic rings. The number of nitro groups is 1. The SMILES string of the molecule is O=[N+]([O-])c1cc(-c2ccccn2)cnc1F. The van der Waals surface area contributed by atoms with Crippen LogP contribution in [0.25, 0.3) is 11.3 Å². The Morgan fingerprint density at radius 1 is 1.31 bits per heavy atom. The number of rotatable bonds is 2. The average molecular weight is 219 g/mol. The van der Waals surface area contributed by atoms with Crippen LogP contribution in [0.3, 0.4) is 0 Å². The maximum atomic E-state index is 13.0. The van der Waals surface area contributed by atoms with Gasteiger partial charge in [-0.2, -0.15) is 4.39 Å². The second kappa shape index (κ2) is 4.01. The van der Waals surface area contributed by atoms with Crippen LogP contribution in [0.5, 0.6) is 0 Å². The quantitative estimate of drug-likeness (QED) is 0.441. The lowest BCUT2D eigenvalue weighted by atomic mass is 10.2. The van der Waals surface area contributed by atoms with Crippen LogP contribution >= 0.6 is 0 Å². The molecule has 0 atom stereocenters. The number of hydrogen-bond donors (Lipinski definition) is 0. The van der Waals surface area contributed by atoms with Crippen LogP contribution in [-0.4, -0.2) is 14.9 Å². The zero-order chi connectivity index (χ0) is 11.5. The van der Waals surface area contributed by atoms with E-state index in [1.165, 1.54) is 6.20 Å². The predicted molar refractivity (Wildman–Crippen MR) is 54.1 cm³/mol. The number of nitrogens with zero attached hydrogens (tertiary/aromatic N) is 3. The highest BCUT2D eigenvalue weighted by molar-refractivity contribution is 5.60. The minimum atomic E-state index is -1.09. The van der Waals surface area contributed by atoms with Gasteiger partial charge < -0.3 is 0 Å². The molecule has 0 saturated carbocycles. The highest BCUT2D eigenvalue weighted by atomic mass is 19.1. The molecule has 0 fully saturated rings. The summed E-state index contributed by atoms with van der Waals surface area (Å²) in [5.41, 5.74) is 0.273. The van der Waals surface area contributed by atoms with Crippen molar-refractivity contribution in [3.8, 4) is 11.3 Å². The van der Waals surface area contributed by atoms with E-state index < -0.39 is 16.6 Å². The lowest BCUT2D eigenvalue weighted by molar-refractivity contribution is -0.388. The summed E-state index contributed by atoms with van der Waals surface area (Å²) in [5.74, 6) is -1.09. The fourth-order valence-corrected chi connectivity index (χ4v) is 1.24. The lowest BCUT2D eigenvalue weighted by Crippen LogP contribution is -1.96. The molecule has 0 aliphatic carbocycles. The summed E-state index contributed by atoms with van der Waals surface area (Å²) < 4.78 is 13.0. The topological polar surface area (TPSA) is 68.9 Å². The van der Waals surface area contributed by atoms with Gasteiger partial charge in [0.25, 0.3) is 5.95 Å². The van der Waals surface area contributed by atoms with E-state index in [-0.39, 0.29) is 0 Å². The van der Waals surface area contributed by atoms with E-state index in [1.807, 2.05) is 0 Å². The summed E-state index contributed by atoms with van der Waals surface area (Å²) in [4.78, 5) is 17.0. The van der Waals surface area contributed by atoms with Crippen molar-refractivity contribution in [2.24, 2.45) is 0 Å². The highest BCUT2D eigenvalue weighted by Crippen LogP contribution is 2.22. The number of hydrogen-bond acceptors (Lipinski definition) is 4. The summed E-state index contributed by atoms with van der Waals surface area (Å²) in [5, 5.41) is 10.5. The van der Waals surface area contributed by atoms with Crippen molar-refractivity contribution in [2.45, 2.75) is 0 Å². The molecule has 0 bridgehead atoms. The first-order valence-corrected chi connectivity index (χ1v) is 4.40. The summed E-state index contributed by atoms with van der Waals surface area (Å²) in [7, 11) is 0. The Kier molecular flexibility index (Phi) is 2.55. The standard InChI is InChI=1S/C10H6FN3O2/c11-10-9(14(15)16)5-7(6-13-10)8-3-1-2-4-12-8/h1-6H. The third-order valence-corrected chi connectivity index (χ3v) is 1.98. The smallest absolute Gasteiger partial charge is 0.258 e. The van der Waals surface area contributed by atoms with E-state index >= 15 is 0 Å². The Balaban J connectivity index is 2.52. The zero-order valence-electron chi connectivity index (χ0n) is 8.00. The summed E-state index contributed by atoms with van der Waals surface area (Å²) in [6.45, 7) is 0. The minimum absolute atomic E-state index is 0.411. The van der Waals surface area contributed by atoms with E-state index in [0.717, 1.165) is 6.07 Å². The Morgan fingerprint density at radius 2 is 2.12 bits per heavy atom. The van der Waals surface area contributed by atoms with Gasteiger partial charge in [0.1, 0.15) is 0 Å². The minimum Gasteiger partial charge on any atom is -0.258 e. The Hall–Kier alpha value is -2.37. The van der Waals surface area contributed by atoms with Crippen molar-refractivity contribution in [2.75, 3.05) is 0 Å². The second-order valence-electron chi connectivity index (χ2n) is 3.01. The largest absolute Gasteiger partial charge is 0.324 e. The highest BCUT2D eigenvalue weighted by Gasteiger charge is 2.16. The van der Waals surface area contributed by atoms with Crippen LogP contribution in [0.2, 0.25) is 0 Å². The molecule has 2 aromatic heterocycles. The van der Waals surface area contributed by atoms with E-state index in [1.54, 1.807) is 24.4 Å². The van der Waals surface area contributed by atoms with Crippen LogP contribution < -0.4 is 0 Å². The third-order valence-electron chi connectivity index (χ3n) is 1.98. The Bertz CT molecular complexity index is 531. The average Bonchev–Trinajstić information content (AvgIpc) is 2.30. The van der Waals surface area contributed by atoms with E-state index in [9.17, 15) is 14.5 Å². The molecular formula is C10H6FN3O2. The van der Waals surface area contributed by atoms with Gasteiger partial charge >= 0.3 is 5.69 Å². The fourth-order valence-electron chi connectivity index (χ4n) is 1.24. The second-order valence-corrected chi connectivity index (χ2v) is 3.01. The molecule has 80 valence electrons. The van der Waals surface area contributed by atoms with Gasteiger partial charge in [0.15, 0.2) is 0 Å². The molecule has 0 aromatic carbocycles. The maximum absolute atomic E-state index is 13.0. The molecule has 0 aliphatic heterocycles. The monoisotopic (exact) mass is 219 g/mol. The molecule has 2 heterocycles.